The second-order valence-electron chi connectivity index (χ2n) is 2.62. The quantitative estimate of drug-likeness (QED) is 0.380. The van der Waals surface area contributed by atoms with E-state index in [0.29, 0.717) is 0 Å². The molecule has 0 aliphatic carbocycles. The van der Waals surface area contributed by atoms with Crippen LogP contribution in [0.3, 0.4) is 0 Å². The monoisotopic (exact) mass is 152 g/mol. The Kier molecular flexibility index (Phi) is 8.70. The van der Waals surface area contributed by atoms with Crippen LogP contribution in [0.15, 0.2) is 0 Å². The zero-order valence-corrected chi connectivity index (χ0v) is 6.41. The summed E-state index contributed by atoms with van der Waals surface area (Å²) in [6, 6.07) is 0. The normalized spacial score (nSPS) is 10.2. The van der Waals surface area contributed by atoms with Gasteiger partial charge in [0.25, 0.3) is 0 Å². The Labute approximate surface area is 60.7 Å². The van der Waals surface area contributed by atoms with Crippen molar-refractivity contribution in [2.75, 3.05) is 20.0 Å². The molecule has 0 amide bonds. The van der Waals surface area contributed by atoms with E-state index in [0.717, 1.165) is 0 Å². The fourth-order valence-corrected chi connectivity index (χ4v) is 0.0500. The summed E-state index contributed by atoms with van der Waals surface area (Å²) in [4.78, 5) is 0. The van der Waals surface area contributed by atoms with Gasteiger partial charge in [0.1, 0.15) is 6.79 Å². The topological polar surface area (TPSA) is 80.9 Å². The Morgan fingerprint density at radius 3 is 1.10 bits per heavy atom. The van der Waals surface area contributed by atoms with Gasteiger partial charge in [0.15, 0.2) is 0 Å². The van der Waals surface area contributed by atoms with Gasteiger partial charge in [-0.1, -0.05) is 13.8 Å². The van der Waals surface area contributed by atoms with Crippen molar-refractivity contribution in [3.63, 3.8) is 0 Å². The van der Waals surface area contributed by atoms with Gasteiger partial charge < -0.3 is 20.4 Å². The second-order valence-corrected chi connectivity index (χ2v) is 2.62. The van der Waals surface area contributed by atoms with Gasteiger partial charge in [-0.05, 0) is 0 Å². The molecule has 0 fully saturated rings. The van der Waals surface area contributed by atoms with Crippen molar-refractivity contribution < 1.29 is 20.4 Å². The molecule has 0 aliphatic rings. The molecule has 0 rings (SSSR count). The smallest absolute Gasteiger partial charge is 0.140 e. The zero-order chi connectivity index (χ0) is 8.62. The standard InChI is InChI=1S/C5H12O2.CH4O2/c1-5(2,3-6)4-7;2-1-3/h6-7H,3-4H2,1-2H3;2-3H,1H2. The van der Waals surface area contributed by atoms with Gasteiger partial charge in [-0.3, -0.25) is 0 Å². The minimum Gasteiger partial charge on any atom is -0.396 e. The molecule has 10 heavy (non-hydrogen) atoms. The van der Waals surface area contributed by atoms with Gasteiger partial charge in [-0.15, -0.1) is 0 Å². The number of aliphatic hydroxyl groups excluding tert-OH is 3. The van der Waals surface area contributed by atoms with Crippen molar-refractivity contribution >= 4 is 0 Å². The SMILES string of the molecule is CC(C)(CO)CO.OCO. The molecule has 4 N–H and O–H groups in total. The lowest BCUT2D eigenvalue weighted by atomic mass is 9.97. The van der Waals surface area contributed by atoms with E-state index in [1.807, 2.05) is 0 Å². The molecule has 0 saturated carbocycles. The minimum absolute atomic E-state index is 0.0451. The predicted molar refractivity (Wildman–Crippen MR) is 37.3 cm³/mol. The average Bonchev–Trinajstić information content (AvgIpc) is 1.90. The van der Waals surface area contributed by atoms with Gasteiger partial charge in [0.2, 0.25) is 0 Å². The summed E-state index contributed by atoms with van der Waals surface area (Å²) >= 11 is 0. The highest BCUT2D eigenvalue weighted by molar-refractivity contribution is 4.62. The Hall–Kier alpha value is -0.160. The lowest BCUT2D eigenvalue weighted by Crippen LogP contribution is -2.20. The number of aliphatic hydroxyl groups is 4. The van der Waals surface area contributed by atoms with Gasteiger partial charge in [0, 0.05) is 5.41 Å². The number of hydrogen-bond acceptors (Lipinski definition) is 4. The molecule has 4 nitrogen and oxygen atoms in total. The first-order valence-corrected chi connectivity index (χ1v) is 2.97. The van der Waals surface area contributed by atoms with E-state index < -0.39 is 6.79 Å². The predicted octanol–water partition coefficient (Wildman–Crippen LogP) is -1.07. The summed E-state index contributed by atoms with van der Waals surface area (Å²) in [5.74, 6) is 0. The van der Waals surface area contributed by atoms with Crippen LogP contribution in [0.2, 0.25) is 0 Å². The van der Waals surface area contributed by atoms with Crippen LogP contribution in [0.5, 0.6) is 0 Å². The van der Waals surface area contributed by atoms with Gasteiger partial charge >= 0.3 is 0 Å². The first-order chi connectivity index (χ1) is 4.54. The molecular weight excluding hydrogens is 136 g/mol. The lowest BCUT2D eigenvalue weighted by molar-refractivity contribution is 0.0773. The third kappa shape index (κ3) is 10.8. The molecule has 0 radical (unpaired) electrons. The van der Waals surface area contributed by atoms with Crippen LogP contribution >= 0.6 is 0 Å². The molecular formula is C6H16O4. The van der Waals surface area contributed by atoms with Crippen LogP contribution in [0, 0.1) is 5.41 Å². The van der Waals surface area contributed by atoms with Crippen LogP contribution in [-0.2, 0) is 0 Å². The molecule has 0 aromatic heterocycles. The highest BCUT2D eigenvalue weighted by Crippen LogP contribution is 2.10. The van der Waals surface area contributed by atoms with E-state index in [-0.39, 0.29) is 18.6 Å². The summed E-state index contributed by atoms with van der Waals surface area (Å²) < 4.78 is 0. The van der Waals surface area contributed by atoms with E-state index in [1.54, 1.807) is 13.8 Å². The van der Waals surface area contributed by atoms with Crippen molar-refractivity contribution in [1.82, 2.24) is 0 Å². The number of hydrogen-bond donors (Lipinski definition) is 4. The lowest BCUT2D eigenvalue weighted by Gasteiger charge is -2.16. The van der Waals surface area contributed by atoms with E-state index in [2.05, 4.69) is 0 Å². The summed E-state index contributed by atoms with van der Waals surface area (Å²) in [5, 5.41) is 31.1. The maximum absolute atomic E-state index is 8.43. The molecule has 0 aliphatic heterocycles. The first kappa shape index (κ1) is 12.5. The fourth-order valence-electron chi connectivity index (χ4n) is 0.0500. The van der Waals surface area contributed by atoms with Crippen molar-refractivity contribution in [3.05, 3.63) is 0 Å². The Balaban J connectivity index is 0. The second kappa shape index (κ2) is 6.95. The van der Waals surface area contributed by atoms with Crippen LogP contribution < -0.4 is 0 Å². The van der Waals surface area contributed by atoms with Crippen molar-refractivity contribution in [2.45, 2.75) is 13.8 Å². The number of rotatable bonds is 2. The van der Waals surface area contributed by atoms with Crippen LogP contribution in [0.25, 0.3) is 0 Å². The van der Waals surface area contributed by atoms with Crippen LogP contribution in [0.4, 0.5) is 0 Å². The summed E-state index contributed by atoms with van der Waals surface area (Å²) in [6.45, 7) is 2.94. The van der Waals surface area contributed by atoms with E-state index in [9.17, 15) is 0 Å². The summed E-state index contributed by atoms with van der Waals surface area (Å²) in [7, 11) is 0. The van der Waals surface area contributed by atoms with E-state index in [4.69, 9.17) is 20.4 Å². The van der Waals surface area contributed by atoms with Crippen molar-refractivity contribution in [3.8, 4) is 0 Å². The Morgan fingerprint density at radius 2 is 1.10 bits per heavy atom. The van der Waals surface area contributed by atoms with Gasteiger partial charge in [0.05, 0.1) is 13.2 Å². The highest BCUT2D eigenvalue weighted by Gasteiger charge is 2.13. The average molecular weight is 152 g/mol. The third-order valence-electron chi connectivity index (χ3n) is 0.856. The minimum atomic E-state index is -0.750. The molecule has 0 spiro atoms. The molecule has 0 unspecified atom stereocenters. The van der Waals surface area contributed by atoms with Crippen molar-refractivity contribution in [2.24, 2.45) is 5.41 Å². The fraction of sp³-hybridized carbons (Fsp3) is 1.00. The van der Waals surface area contributed by atoms with Gasteiger partial charge in [-0.25, -0.2) is 0 Å². The zero-order valence-electron chi connectivity index (χ0n) is 6.41. The Bertz CT molecular complexity index is 56.8. The molecule has 0 bridgehead atoms. The highest BCUT2D eigenvalue weighted by atomic mass is 16.5. The molecule has 4 heteroatoms. The Morgan fingerprint density at radius 1 is 0.900 bits per heavy atom. The molecule has 0 heterocycles. The largest absolute Gasteiger partial charge is 0.396 e. The maximum atomic E-state index is 8.43. The molecule has 0 aromatic carbocycles. The summed E-state index contributed by atoms with van der Waals surface area (Å²) in [6.07, 6.45) is 0. The molecule has 0 saturated heterocycles. The maximum Gasteiger partial charge on any atom is 0.140 e. The third-order valence-corrected chi connectivity index (χ3v) is 0.856. The summed E-state index contributed by atoms with van der Waals surface area (Å²) in [5.41, 5.74) is -0.306. The van der Waals surface area contributed by atoms with Crippen molar-refractivity contribution in [1.29, 1.82) is 0 Å². The van der Waals surface area contributed by atoms with E-state index in [1.165, 1.54) is 0 Å². The van der Waals surface area contributed by atoms with E-state index >= 15 is 0 Å². The molecule has 0 atom stereocenters. The molecule has 0 aromatic rings. The van der Waals surface area contributed by atoms with Crippen LogP contribution in [-0.4, -0.2) is 40.4 Å². The van der Waals surface area contributed by atoms with Crippen LogP contribution in [0.1, 0.15) is 13.8 Å². The molecule has 64 valence electrons. The van der Waals surface area contributed by atoms with Gasteiger partial charge in [-0.2, -0.15) is 0 Å². The first-order valence-electron chi connectivity index (χ1n) is 2.97.